The minimum Gasteiger partial charge on any atom is -0.355 e. The van der Waals surface area contributed by atoms with Gasteiger partial charge in [-0.1, -0.05) is 6.07 Å². The van der Waals surface area contributed by atoms with Crippen LogP contribution in [0.3, 0.4) is 0 Å². The maximum absolute atomic E-state index is 5.31. The number of hydrazine groups is 1. The lowest BCUT2D eigenvalue weighted by Crippen LogP contribution is -2.08. The molecule has 0 amide bonds. The van der Waals surface area contributed by atoms with Crippen molar-refractivity contribution < 1.29 is 0 Å². The van der Waals surface area contributed by atoms with Gasteiger partial charge in [0, 0.05) is 28.5 Å². The maximum atomic E-state index is 5.31. The van der Waals surface area contributed by atoms with Crippen LogP contribution in [0.4, 0.5) is 17.2 Å². The van der Waals surface area contributed by atoms with E-state index >= 15 is 0 Å². The average Bonchev–Trinajstić information content (AvgIpc) is 2.39. The van der Waals surface area contributed by atoms with E-state index in [2.05, 4.69) is 34.1 Å². The van der Waals surface area contributed by atoms with Gasteiger partial charge in [0.05, 0.1) is 0 Å². The minimum atomic E-state index is 0.635. The van der Waals surface area contributed by atoms with Crippen molar-refractivity contribution in [3.8, 4) is 0 Å². The number of benzene rings is 1. The molecule has 0 spiro atoms. The zero-order valence-corrected chi connectivity index (χ0v) is 10.3. The van der Waals surface area contributed by atoms with E-state index in [9.17, 15) is 0 Å². The van der Waals surface area contributed by atoms with Crippen LogP contribution in [0, 0.1) is 0 Å². The molecule has 0 saturated heterocycles. The first kappa shape index (κ1) is 11.8. The summed E-state index contributed by atoms with van der Waals surface area (Å²) in [7, 11) is 0. The molecule has 0 atom stereocenters. The highest BCUT2D eigenvalue weighted by Crippen LogP contribution is 2.22. The van der Waals surface area contributed by atoms with Gasteiger partial charge in [-0.2, -0.15) is 0 Å². The van der Waals surface area contributed by atoms with E-state index in [-0.39, 0.29) is 0 Å². The van der Waals surface area contributed by atoms with Crippen molar-refractivity contribution in [1.29, 1.82) is 0 Å². The summed E-state index contributed by atoms with van der Waals surface area (Å²) in [6.07, 6.45) is 3.76. The van der Waals surface area contributed by atoms with E-state index in [0.717, 1.165) is 11.4 Å². The number of pyridine rings is 1. The molecule has 1 aromatic carbocycles. The van der Waals surface area contributed by atoms with Gasteiger partial charge in [-0.3, -0.25) is 0 Å². The summed E-state index contributed by atoms with van der Waals surface area (Å²) in [5.41, 5.74) is 4.52. The summed E-state index contributed by atoms with van der Waals surface area (Å²) in [5.74, 6) is 5.95. The first-order valence-corrected chi connectivity index (χ1v) is 6.38. The highest BCUT2D eigenvalue weighted by Gasteiger charge is 1.98. The Kier molecular flexibility index (Phi) is 3.85. The van der Waals surface area contributed by atoms with Crippen LogP contribution < -0.4 is 16.6 Å². The van der Waals surface area contributed by atoms with Crippen LogP contribution in [0.25, 0.3) is 0 Å². The molecular weight excluding hydrogens is 232 g/mol. The first-order chi connectivity index (χ1) is 8.31. The number of nitrogen functional groups attached to an aromatic ring is 1. The van der Waals surface area contributed by atoms with Gasteiger partial charge >= 0.3 is 0 Å². The standard InChI is InChI=1S/C12H14N4S/c1-17-11-4-2-3-9(7-11)15-10-5-6-14-12(8-10)16-13/h2-8H,13H2,1H3,(H2,14,15,16). The molecule has 88 valence electrons. The van der Waals surface area contributed by atoms with E-state index in [1.807, 2.05) is 24.3 Å². The molecule has 0 radical (unpaired) electrons. The second kappa shape index (κ2) is 5.56. The summed E-state index contributed by atoms with van der Waals surface area (Å²) in [6.45, 7) is 0. The summed E-state index contributed by atoms with van der Waals surface area (Å²) in [6, 6.07) is 12.0. The van der Waals surface area contributed by atoms with E-state index in [1.165, 1.54) is 4.90 Å². The number of nitrogens with two attached hydrogens (primary N) is 1. The van der Waals surface area contributed by atoms with Gasteiger partial charge in [-0.15, -0.1) is 11.8 Å². The van der Waals surface area contributed by atoms with Gasteiger partial charge in [-0.05, 0) is 30.5 Å². The van der Waals surface area contributed by atoms with E-state index < -0.39 is 0 Å². The van der Waals surface area contributed by atoms with E-state index in [1.54, 1.807) is 18.0 Å². The zero-order chi connectivity index (χ0) is 12.1. The van der Waals surface area contributed by atoms with Gasteiger partial charge < -0.3 is 10.7 Å². The topological polar surface area (TPSA) is 63.0 Å². The lowest BCUT2D eigenvalue weighted by molar-refractivity contribution is 1.23. The molecule has 0 saturated carbocycles. The van der Waals surface area contributed by atoms with Crippen LogP contribution in [0.5, 0.6) is 0 Å². The van der Waals surface area contributed by atoms with Gasteiger partial charge in [0.25, 0.3) is 0 Å². The van der Waals surface area contributed by atoms with E-state index in [4.69, 9.17) is 5.84 Å². The third-order valence-electron chi connectivity index (χ3n) is 2.27. The molecule has 1 aromatic heterocycles. The van der Waals surface area contributed by atoms with Crippen LogP contribution in [-0.4, -0.2) is 11.2 Å². The Balaban J connectivity index is 2.18. The Hall–Kier alpha value is -1.72. The quantitative estimate of drug-likeness (QED) is 0.440. The summed E-state index contributed by atoms with van der Waals surface area (Å²) in [5, 5.41) is 3.30. The smallest absolute Gasteiger partial charge is 0.141 e. The van der Waals surface area contributed by atoms with Gasteiger partial charge in [0.15, 0.2) is 0 Å². The monoisotopic (exact) mass is 246 g/mol. The van der Waals surface area contributed by atoms with Crippen molar-refractivity contribution in [3.63, 3.8) is 0 Å². The second-order valence-corrected chi connectivity index (χ2v) is 4.31. The normalized spacial score (nSPS) is 10.0. The lowest BCUT2D eigenvalue weighted by atomic mass is 10.3. The van der Waals surface area contributed by atoms with Gasteiger partial charge in [0.1, 0.15) is 5.82 Å². The number of anilines is 3. The highest BCUT2D eigenvalue weighted by atomic mass is 32.2. The Labute approximate surface area is 105 Å². The Morgan fingerprint density at radius 2 is 2.00 bits per heavy atom. The first-order valence-electron chi connectivity index (χ1n) is 5.15. The fraction of sp³-hybridized carbons (Fsp3) is 0.0833. The number of thioether (sulfide) groups is 1. The number of nitrogens with zero attached hydrogens (tertiary/aromatic N) is 1. The predicted octanol–water partition coefficient (Wildman–Crippen LogP) is 2.83. The third-order valence-corrected chi connectivity index (χ3v) is 2.99. The largest absolute Gasteiger partial charge is 0.355 e. The Morgan fingerprint density at radius 3 is 2.76 bits per heavy atom. The van der Waals surface area contributed by atoms with Crippen LogP contribution >= 0.6 is 11.8 Å². The molecule has 4 nitrogen and oxygen atoms in total. The van der Waals surface area contributed by atoms with E-state index in [0.29, 0.717) is 5.82 Å². The molecule has 2 aromatic rings. The number of aromatic nitrogens is 1. The van der Waals surface area contributed by atoms with Gasteiger partial charge in [-0.25, -0.2) is 10.8 Å². The summed E-state index contributed by atoms with van der Waals surface area (Å²) < 4.78 is 0. The minimum absolute atomic E-state index is 0.635. The summed E-state index contributed by atoms with van der Waals surface area (Å²) in [4.78, 5) is 5.28. The lowest BCUT2D eigenvalue weighted by Gasteiger charge is -2.08. The Bertz CT molecular complexity index is 456. The molecule has 0 fully saturated rings. The molecule has 17 heavy (non-hydrogen) atoms. The van der Waals surface area contributed by atoms with Crippen LogP contribution in [0.1, 0.15) is 0 Å². The fourth-order valence-electron chi connectivity index (χ4n) is 1.45. The highest BCUT2D eigenvalue weighted by molar-refractivity contribution is 7.98. The summed E-state index contributed by atoms with van der Waals surface area (Å²) >= 11 is 1.72. The molecule has 5 heteroatoms. The predicted molar refractivity (Wildman–Crippen MR) is 73.6 cm³/mol. The number of hydrogen-bond acceptors (Lipinski definition) is 5. The van der Waals surface area contributed by atoms with Crippen molar-refractivity contribution in [3.05, 3.63) is 42.6 Å². The average molecular weight is 246 g/mol. The number of nitrogens with one attached hydrogen (secondary N) is 2. The van der Waals surface area contributed by atoms with Crippen LogP contribution in [0.2, 0.25) is 0 Å². The molecule has 4 N–H and O–H groups in total. The molecule has 0 aliphatic heterocycles. The fourth-order valence-corrected chi connectivity index (χ4v) is 1.91. The molecule has 0 aliphatic carbocycles. The number of hydrogen-bond donors (Lipinski definition) is 3. The molecule has 0 aliphatic rings. The van der Waals surface area contributed by atoms with Crippen molar-refractivity contribution in [2.24, 2.45) is 5.84 Å². The van der Waals surface area contributed by atoms with Gasteiger partial charge in [0.2, 0.25) is 0 Å². The van der Waals surface area contributed by atoms with Crippen LogP contribution in [-0.2, 0) is 0 Å². The molecule has 0 unspecified atom stereocenters. The number of rotatable bonds is 4. The SMILES string of the molecule is CSc1cccc(Nc2ccnc(NN)c2)c1. The third kappa shape index (κ3) is 3.12. The van der Waals surface area contributed by atoms with Crippen LogP contribution in [0.15, 0.2) is 47.5 Å². The van der Waals surface area contributed by atoms with Crippen molar-refractivity contribution >= 4 is 29.0 Å². The van der Waals surface area contributed by atoms with Crippen molar-refractivity contribution in [2.75, 3.05) is 17.0 Å². The van der Waals surface area contributed by atoms with Crippen molar-refractivity contribution in [1.82, 2.24) is 4.98 Å². The Morgan fingerprint density at radius 1 is 1.18 bits per heavy atom. The maximum Gasteiger partial charge on any atom is 0.141 e. The molecular formula is C12H14N4S. The second-order valence-electron chi connectivity index (χ2n) is 3.43. The van der Waals surface area contributed by atoms with Crippen molar-refractivity contribution in [2.45, 2.75) is 4.90 Å². The molecule has 1 heterocycles. The molecule has 2 rings (SSSR count). The molecule has 0 bridgehead atoms. The zero-order valence-electron chi connectivity index (χ0n) is 9.47.